The molecule has 2 aromatic carbocycles. The number of benzene rings is 2. The number of aromatic nitrogens is 1. The third-order valence-electron chi connectivity index (χ3n) is 3.64. The number of aryl methyl sites for hydroxylation is 1. The van der Waals surface area contributed by atoms with Gasteiger partial charge in [-0.15, -0.1) is 0 Å². The van der Waals surface area contributed by atoms with Crippen LogP contribution in [0.3, 0.4) is 0 Å². The predicted octanol–water partition coefficient (Wildman–Crippen LogP) is 3.03. The molecule has 0 aliphatic heterocycles. The fourth-order valence-electron chi connectivity index (χ4n) is 2.57. The lowest BCUT2D eigenvalue weighted by atomic mass is 10.1. The Labute approximate surface area is 122 Å². The average molecular weight is 280 g/mol. The van der Waals surface area contributed by atoms with Crippen LogP contribution in [0.25, 0.3) is 10.9 Å². The highest BCUT2D eigenvalue weighted by Gasteiger charge is 2.07. The average Bonchev–Trinajstić information content (AvgIpc) is 2.84. The van der Waals surface area contributed by atoms with Crippen molar-refractivity contribution in [2.45, 2.75) is 13.5 Å². The monoisotopic (exact) mass is 280 g/mol. The summed E-state index contributed by atoms with van der Waals surface area (Å²) in [5.41, 5.74) is 4.04. The van der Waals surface area contributed by atoms with E-state index in [-0.39, 0.29) is 0 Å². The Morgan fingerprint density at radius 1 is 1.14 bits per heavy atom. The van der Waals surface area contributed by atoms with Crippen LogP contribution < -0.4 is 5.90 Å². The first kappa shape index (κ1) is 13.4. The molecule has 0 amide bonds. The van der Waals surface area contributed by atoms with Gasteiger partial charge in [-0.05, 0) is 36.2 Å². The van der Waals surface area contributed by atoms with Crippen molar-refractivity contribution in [3.05, 3.63) is 71.4 Å². The highest BCUT2D eigenvalue weighted by Crippen LogP contribution is 2.21. The summed E-state index contributed by atoms with van der Waals surface area (Å²) in [6.45, 7) is 2.87. The van der Waals surface area contributed by atoms with Gasteiger partial charge in [0.05, 0.1) is 5.56 Å². The van der Waals surface area contributed by atoms with Crippen LogP contribution in [0.5, 0.6) is 0 Å². The van der Waals surface area contributed by atoms with Crippen molar-refractivity contribution in [1.82, 2.24) is 4.57 Å². The van der Waals surface area contributed by atoms with Gasteiger partial charge in [0.1, 0.15) is 0 Å². The second-order valence-corrected chi connectivity index (χ2v) is 5.06. The predicted molar refractivity (Wildman–Crippen MR) is 81.8 cm³/mol. The largest absolute Gasteiger partial charge is 0.370 e. The Morgan fingerprint density at radius 3 is 2.57 bits per heavy atom. The summed E-state index contributed by atoms with van der Waals surface area (Å²) in [6.07, 6.45) is 2.15. The molecule has 0 saturated heterocycles. The molecule has 0 aliphatic rings. The Bertz CT molecular complexity index is 788. The molecule has 1 heterocycles. The molecule has 0 atom stereocenters. The summed E-state index contributed by atoms with van der Waals surface area (Å²) in [5, 5.41) is 1.26. The van der Waals surface area contributed by atoms with Gasteiger partial charge < -0.3 is 9.40 Å². The van der Waals surface area contributed by atoms with E-state index in [1.165, 1.54) is 16.5 Å². The van der Waals surface area contributed by atoms with Crippen LogP contribution in [-0.4, -0.2) is 10.5 Å². The third-order valence-corrected chi connectivity index (χ3v) is 3.64. The van der Waals surface area contributed by atoms with Crippen LogP contribution >= 0.6 is 0 Å². The van der Waals surface area contributed by atoms with Crippen molar-refractivity contribution in [1.29, 1.82) is 0 Å². The molecule has 4 heteroatoms. The Balaban J connectivity index is 1.90. The fourth-order valence-corrected chi connectivity index (χ4v) is 2.57. The van der Waals surface area contributed by atoms with Crippen LogP contribution in [0.15, 0.2) is 54.7 Å². The van der Waals surface area contributed by atoms with Crippen LogP contribution in [0.2, 0.25) is 0 Å². The van der Waals surface area contributed by atoms with Gasteiger partial charge >= 0.3 is 5.97 Å². The summed E-state index contributed by atoms with van der Waals surface area (Å²) in [6, 6.07) is 15.6. The molecule has 0 spiro atoms. The lowest BCUT2D eigenvalue weighted by Crippen LogP contribution is -2.10. The molecular weight excluding hydrogens is 264 g/mol. The summed E-state index contributed by atoms with van der Waals surface area (Å²) in [7, 11) is 0. The van der Waals surface area contributed by atoms with E-state index in [1.54, 1.807) is 12.1 Å². The topological polar surface area (TPSA) is 57.2 Å². The molecule has 0 saturated carbocycles. The first-order valence-corrected chi connectivity index (χ1v) is 6.73. The molecule has 21 heavy (non-hydrogen) atoms. The molecule has 0 unspecified atom stereocenters. The highest BCUT2D eigenvalue weighted by atomic mass is 16.7. The van der Waals surface area contributed by atoms with Gasteiger partial charge in [0.15, 0.2) is 0 Å². The Morgan fingerprint density at radius 2 is 1.86 bits per heavy atom. The number of carbonyl (C=O) groups is 1. The van der Waals surface area contributed by atoms with Crippen molar-refractivity contribution < 1.29 is 9.63 Å². The van der Waals surface area contributed by atoms with Crippen molar-refractivity contribution in [3.63, 3.8) is 0 Å². The molecule has 1 aromatic heterocycles. The van der Waals surface area contributed by atoms with Crippen LogP contribution in [-0.2, 0) is 11.4 Å². The number of fused-ring (bicyclic) bond motifs is 1. The van der Waals surface area contributed by atoms with Gasteiger partial charge in [-0.2, -0.15) is 5.90 Å². The number of hydrogen-bond donors (Lipinski definition) is 1. The Kier molecular flexibility index (Phi) is 3.46. The Hall–Kier alpha value is -2.59. The normalized spacial score (nSPS) is 10.8. The molecular formula is C17H16N2O2. The quantitative estimate of drug-likeness (QED) is 0.750. The molecule has 4 nitrogen and oxygen atoms in total. The van der Waals surface area contributed by atoms with Crippen molar-refractivity contribution >= 4 is 16.9 Å². The minimum absolute atomic E-state index is 0.454. The molecule has 3 rings (SSSR count). The maximum atomic E-state index is 11.3. The summed E-state index contributed by atoms with van der Waals surface area (Å²) in [5.74, 6) is 4.35. The standard InChI is InChI=1S/C17H16N2O2/c1-12-10-19(16-5-3-2-4-15(12)16)11-13-6-8-14(9-7-13)17(20)21-18/h2-10H,11,18H2,1H3. The second kappa shape index (κ2) is 5.42. The van der Waals surface area contributed by atoms with E-state index in [9.17, 15) is 4.79 Å². The SMILES string of the molecule is Cc1cn(Cc2ccc(C(=O)ON)cc2)c2ccccc12. The van der Waals surface area contributed by atoms with E-state index < -0.39 is 5.97 Å². The van der Waals surface area contributed by atoms with Gasteiger partial charge in [0.2, 0.25) is 0 Å². The van der Waals surface area contributed by atoms with E-state index >= 15 is 0 Å². The van der Waals surface area contributed by atoms with Crippen LogP contribution in [0.1, 0.15) is 21.5 Å². The maximum absolute atomic E-state index is 11.3. The summed E-state index contributed by atoms with van der Waals surface area (Å²) < 4.78 is 2.21. The van der Waals surface area contributed by atoms with E-state index in [1.807, 2.05) is 24.3 Å². The van der Waals surface area contributed by atoms with Gasteiger partial charge in [0.25, 0.3) is 0 Å². The van der Waals surface area contributed by atoms with Gasteiger partial charge in [-0.25, -0.2) is 4.79 Å². The van der Waals surface area contributed by atoms with E-state index in [4.69, 9.17) is 5.90 Å². The van der Waals surface area contributed by atoms with Crippen molar-refractivity contribution in [3.8, 4) is 0 Å². The molecule has 0 radical (unpaired) electrons. The number of rotatable bonds is 3. The van der Waals surface area contributed by atoms with Crippen LogP contribution in [0.4, 0.5) is 0 Å². The summed E-state index contributed by atoms with van der Waals surface area (Å²) in [4.78, 5) is 15.5. The number of nitrogens with zero attached hydrogens (tertiary/aromatic N) is 1. The zero-order valence-electron chi connectivity index (χ0n) is 11.7. The molecule has 0 aliphatic carbocycles. The first-order valence-electron chi connectivity index (χ1n) is 6.73. The van der Waals surface area contributed by atoms with E-state index in [0.717, 1.165) is 12.1 Å². The van der Waals surface area contributed by atoms with Gasteiger partial charge in [-0.1, -0.05) is 30.3 Å². The molecule has 2 N–H and O–H groups in total. The van der Waals surface area contributed by atoms with Crippen molar-refractivity contribution in [2.75, 3.05) is 0 Å². The maximum Gasteiger partial charge on any atom is 0.356 e. The minimum Gasteiger partial charge on any atom is -0.370 e. The number of para-hydroxylation sites is 1. The lowest BCUT2D eigenvalue weighted by Gasteiger charge is -2.06. The second-order valence-electron chi connectivity index (χ2n) is 5.06. The molecule has 0 fully saturated rings. The number of hydrogen-bond acceptors (Lipinski definition) is 3. The van der Waals surface area contributed by atoms with E-state index in [0.29, 0.717) is 5.56 Å². The number of carbonyl (C=O) groups excluding carboxylic acids is 1. The fraction of sp³-hybridized carbons (Fsp3) is 0.118. The van der Waals surface area contributed by atoms with E-state index in [2.05, 4.69) is 34.7 Å². The zero-order valence-corrected chi connectivity index (χ0v) is 11.7. The molecule has 106 valence electrons. The highest BCUT2D eigenvalue weighted by molar-refractivity contribution is 5.89. The lowest BCUT2D eigenvalue weighted by molar-refractivity contribution is 0.0503. The molecule has 0 bridgehead atoms. The third kappa shape index (κ3) is 2.53. The van der Waals surface area contributed by atoms with Gasteiger partial charge in [0, 0.05) is 23.6 Å². The number of nitrogens with two attached hydrogens (primary N) is 1. The van der Waals surface area contributed by atoms with Crippen molar-refractivity contribution in [2.24, 2.45) is 5.90 Å². The first-order chi connectivity index (χ1) is 10.2. The smallest absolute Gasteiger partial charge is 0.356 e. The minimum atomic E-state index is -0.524. The van der Waals surface area contributed by atoms with Gasteiger partial charge in [-0.3, -0.25) is 0 Å². The van der Waals surface area contributed by atoms with Crippen LogP contribution in [0, 0.1) is 6.92 Å². The zero-order chi connectivity index (χ0) is 14.8. The summed E-state index contributed by atoms with van der Waals surface area (Å²) >= 11 is 0. The molecule has 3 aromatic rings.